The van der Waals surface area contributed by atoms with Crippen LogP contribution in [0.5, 0.6) is 0 Å². The lowest BCUT2D eigenvalue weighted by Crippen LogP contribution is -2.37. The van der Waals surface area contributed by atoms with Crippen LogP contribution < -0.4 is 20.9 Å². The molecule has 0 heterocycles. The molecular weight excluding hydrogens is 404 g/mol. The highest BCUT2D eigenvalue weighted by molar-refractivity contribution is 7.89. The van der Waals surface area contributed by atoms with Gasteiger partial charge >= 0.3 is 6.03 Å². The largest absolute Gasteiger partial charge is 0.338 e. The van der Waals surface area contributed by atoms with Crippen LogP contribution in [0.2, 0.25) is 0 Å². The van der Waals surface area contributed by atoms with Crippen molar-refractivity contribution >= 4 is 26.1 Å². The molecule has 2 aromatic carbocycles. The molecular formula is C17H22N4O5S2. The third-order valence-corrected chi connectivity index (χ3v) is 5.76. The van der Waals surface area contributed by atoms with E-state index in [4.69, 9.17) is 10.3 Å². The Balaban J connectivity index is 1.70. The number of primary sulfonamides is 2. The highest BCUT2D eigenvalue weighted by Crippen LogP contribution is 2.09. The zero-order valence-corrected chi connectivity index (χ0v) is 16.6. The van der Waals surface area contributed by atoms with E-state index in [0.29, 0.717) is 25.9 Å². The number of nitrogens with one attached hydrogen (secondary N) is 2. The van der Waals surface area contributed by atoms with Crippen molar-refractivity contribution < 1.29 is 21.6 Å². The molecule has 0 saturated heterocycles. The summed E-state index contributed by atoms with van der Waals surface area (Å²) in [6.07, 6.45) is 1.07. The van der Waals surface area contributed by atoms with Crippen molar-refractivity contribution in [1.82, 2.24) is 10.6 Å². The SMILES string of the molecule is NS(=O)(=O)c1ccc(CCNC(=O)NCCc2ccc(S(N)(=O)=O)cc2)cc1. The van der Waals surface area contributed by atoms with Crippen molar-refractivity contribution in [3.05, 3.63) is 59.7 Å². The molecule has 0 aliphatic carbocycles. The second-order valence-corrected chi connectivity index (χ2v) is 9.18. The molecule has 9 nitrogen and oxygen atoms in total. The molecule has 0 atom stereocenters. The maximum atomic E-state index is 11.8. The predicted molar refractivity (Wildman–Crippen MR) is 104 cm³/mol. The number of nitrogens with two attached hydrogens (primary N) is 2. The quantitative estimate of drug-likeness (QED) is 0.469. The molecule has 0 fully saturated rings. The molecule has 28 heavy (non-hydrogen) atoms. The molecule has 0 spiro atoms. The summed E-state index contributed by atoms with van der Waals surface area (Å²) in [4.78, 5) is 11.9. The van der Waals surface area contributed by atoms with Crippen molar-refractivity contribution in [3.63, 3.8) is 0 Å². The van der Waals surface area contributed by atoms with Gasteiger partial charge in [-0.1, -0.05) is 24.3 Å². The van der Waals surface area contributed by atoms with Gasteiger partial charge < -0.3 is 10.6 Å². The maximum Gasteiger partial charge on any atom is 0.314 e. The molecule has 11 heteroatoms. The van der Waals surface area contributed by atoms with Crippen molar-refractivity contribution in [3.8, 4) is 0 Å². The normalized spacial score (nSPS) is 11.8. The van der Waals surface area contributed by atoms with Crippen LogP contribution in [0.3, 0.4) is 0 Å². The Hall–Kier alpha value is -2.47. The third-order valence-electron chi connectivity index (χ3n) is 3.90. The van der Waals surface area contributed by atoms with Crippen LogP contribution in [0.1, 0.15) is 11.1 Å². The fourth-order valence-corrected chi connectivity index (χ4v) is 3.43. The van der Waals surface area contributed by atoms with Gasteiger partial charge in [0.1, 0.15) is 0 Å². The van der Waals surface area contributed by atoms with Gasteiger partial charge in [0.05, 0.1) is 9.79 Å². The minimum absolute atomic E-state index is 0.0408. The average Bonchev–Trinajstić information content (AvgIpc) is 2.61. The molecule has 0 aromatic heterocycles. The Morgan fingerprint density at radius 1 is 0.679 bits per heavy atom. The lowest BCUT2D eigenvalue weighted by molar-refractivity contribution is 0.241. The highest BCUT2D eigenvalue weighted by Gasteiger charge is 2.08. The molecule has 0 radical (unpaired) electrons. The second-order valence-electron chi connectivity index (χ2n) is 6.06. The van der Waals surface area contributed by atoms with E-state index in [1.54, 1.807) is 24.3 Å². The number of hydrogen-bond donors (Lipinski definition) is 4. The standard InChI is InChI=1S/C17H22N4O5S2/c18-27(23,24)15-5-1-13(2-6-15)9-11-20-17(22)21-12-10-14-3-7-16(8-4-14)28(19,25)26/h1-8H,9-12H2,(H2,18,23,24)(H2,19,25,26)(H2,20,21,22). The summed E-state index contributed by atoms with van der Waals surface area (Å²) in [5, 5.41) is 15.5. The Morgan fingerprint density at radius 3 is 1.29 bits per heavy atom. The molecule has 0 aliphatic rings. The van der Waals surface area contributed by atoms with E-state index in [-0.39, 0.29) is 15.8 Å². The fraction of sp³-hybridized carbons (Fsp3) is 0.235. The number of urea groups is 1. The molecule has 0 bridgehead atoms. The molecule has 0 aliphatic heterocycles. The summed E-state index contributed by atoms with van der Waals surface area (Å²) in [5.74, 6) is 0. The molecule has 2 rings (SSSR count). The third kappa shape index (κ3) is 6.93. The van der Waals surface area contributed by atoms with Crippen LogP contribution in [0.15, 0.2) is 58.3 Å². The molecule has 0 unspecified atom stereocenters. The number of rotatable bonds is 8. The first-order chi connectivity index (χ1) is 13.1. The van der Waals surface area contributed by atoms with Crippen LogP contribution in [0, 0.1) is 0 Å². The predicted octanol–water partition coefficient (Wildman–Crippen LogP) is 0.0658. The van der Waals surface area contributed by atoms with E-state index in [1.165, 1.54) is 24.3 Å². The smallest absolute Gasteiger partial charge is 0.314 e. The van der Waals surface area contributed by atoms with Crippen molar-refractivity contribution in [2.75, 3.05) is 13.1 Å². The van der Waals surface area contributed by atoms with Gasteiger partial charge in [0.25, 0.3) is 0 Å². The van der Waals surface area contributed by atoms with E-state index in [9.17, 15) is 21.6 Å². The van der Waals surface area contributed by atoms with Crippen LogP contribution in [0.4, 0.5) is 4.79 Å². The monoisotopic (exact) mass is 426 g/mol. The second kappa shape index (κ2) is 9.15. The maximum absolute atomic E-state index is 11.8. The van der Waals surface area contributed by atoms with E-state index >= 15 is 0 Å². The van der Waals surface area contributed by atoms with E-state index in [1.807, 2.05) is 0 Å². The molecule has 0 saturated carbocycles. The summed E-state index contributed by atoms with van der Waals surface area (Å²) in [6, 6.07) is 11.9. The Labute approximate surface area is 164 Å². The van der Waals surface area contributed by atoms with Crippen LogP contribution >= 0.6 is 0 Å². The average molecular weight is 427 g/mol. The van der Waals surface area contributed by atoms with Gasteiger partial charge in [-0.25, -0.2) is 31.9 Å². The van der Waals surface area contributed by atoms with Gasteiger partial charge in [0, 0.05) is 13.1 Å². The van der Waals surface area contributed by atoms with Crippen molar-refractivity contribution in [2.24, 2.45) is 10.3 Å². The lowest BCUT2D eigenvalue weighted by Gasteiger charge is -2.08. The van der Waals surface area contributed by atoms with E-state index in [2.05, 4.69) is 10.6 Å². The number of carbonyl (C=O) groups is 1. The van der Waals surface area contributed by atoms with E-state index < -0.39 is 20.0 Å². The van der Waals surface area contributed by atoms with Gasteiger partial charge in [-0.3, -0.25) is 0 Å². The van der Waals surface area contributed by atoms with Crippen LogP contribution in [-0.4, -0.2) is 36.0 Å². The number of sulfonamides is 2. The minimum atomic E-state index is -3.71. The number of benzene rings is 2. The summed E-state index contributed by atoms with van der Waals surface area (Å²) in [7, 11) is -7.42. The minimum Gasteiger partial charge on any atom is -0.338 e. The summed E-state index contributed by atoms with van der Waals surface area (Å²) in [6.45, 7) is 0.757. The fourth-order valence-electron chi connectivity index (χ4n) is 2.39. The molecule has 152 valence electrons. The van der Waals surface area contributed by atoms with Crippen molar-refractivity contribution in [2.45, 2.75) is 22.6 Å². The topological polar surface area (TPSA) is 161 Å². The Kier molecular flexibility index (Phi) is 7.13. The number of hydrogen-bond acceptors (Lipinski definition) is 5. The number of carbonyl (C=O) groups excluding carboxylic acids is 1. The van der Waals surface area contributed by atoms with E-state index in [0.717, 1.165) is 11.1 Å². The summed E-state index contributed by atoms with van der Waals surface area (Å²) < 4.78 is 44.8. The van der Waals surface area contributed by atoms with Gasteiger partial charge in [-0.15, -0.1) is 0 Å². The van der Waals surface area contributed by atoms with Gasteiger partial charge in [-0.2, -0.15) is 0 Å². The Bertz CT molecular complexity index is 935. The first kappa shape index (κ1) is 21.8. The molecule has 2 amide bonds. The van der Waals surface area contributed by atoms with Gasteiger partial charge in [0.15, 0.2) is 0 Å². The molecule has 6 N–H and O–H groups in total. The summed E-state index contributed by atoms with van der Waals surface area (Å²) >= 11 is 0. The lowest BCUT2D eigenvalue weighted by atomic mass is 10.1. The van der Waals surface area contributed by atoms with Crippen LogP contribution in [-0.2, 0) is 32.9 Å². The Morgan fingerprint density at radius 2 is 1.00 bits per heavy atom. The summed E-state index contributed by atoms with van der Waals surface area (Å²) in [5.41, 5.74) is 1.73. The zero-order valence-electron chi connectivity index (χ0n) is 15.0. The van der Waals surface area contributed by atoms with Crippen molar-refractivity contribution in [1.29, 1.82) is 0 Å². The molecule has 2 aromatic rings. The highest BCUT2D eigenvalue weighted by atomic mass is 32.2. The van der Waals surface area contributed by atoms with Gasteiger partial charge in [0.2, 0.25) is 20.0 Å². The first-order valence-electron chi connectivity index (χ1n) is 8.31. The van der Waals surface area contributed by atoms with Crippen LogP contribution in [0.25, 0.3) is 0 Å². The first-order valence-corrected chi connectivity index (χ1v) is 11.4. The van der Waals surface area contributed by atoms with Gasteiger partial charge in [-0.05, 0) is 48.2 Å². The zero-order chi connectivity index (χ0) is 20.8. The number of amides is 2.